The Bertz CT molecular complexity index is 739. The Morgan fingerprint density at radius 3 is 3.00 bits per heavy atom. The molecule has 0 unspecified atom stereocenters. The maximum atomic E-state index is 11.9. The summed E-state index contributed by atoms with van der Waals surface area (Å²) in [6.07, 6.45) is 6.60. The van der Waals surface area contributed by atoms with E-state index in [0.717, 1.165) is 16.9 Å². The summed E-state index contributed by atoms with van der Waals surface area (Å²) in [4.78, 5) is 15.7. The lowest BCUT2D eigenvalue weighted by Crippen LogP contribution is -2.22. The van der Waals surface area contributed by atoms with Gasteiger partial charge in [0, 0.05) is 23.5 Å². The number of carbonyl (C=O) groups is 1. The van der Waals surface area contributed by atoms with Gasteiger partial charge in [0.2, 0.25) is 0 Å². The zero-order chi connectivity index (χ0) is 15.4. The van der Waals surface area contributed by atoms with Gasteiger partial charge in [0.25, 0.3) is 5.91 Å². The van der Waals surface area contributed by atoms with E-state index in [4.69, 9.17) is 4.74 Å². The average Bonchev–Trinajstić information content (AvgIpc) is 2.56. The molecule has 2 heterocycles. The van der Waals surface area contributed by atoms with Crippen molar-refractivity contribution in [2.24, 2.45) is 5.10 Å². The average molecular weight is 293 g/mol. The number of benzene rings is 1. The highest BCUT2D eigenvalue weighted by molar-refractivity contribution is 5.95. The number of pyridine rings is 1. The molecule has 1 aromatic heterocycles. The number of nitrogens with zero attached hydrogens (tertiary/aromatic N) is 2. The summed E-state index contributed by atoms with van der Waals surface area (Å²) in [5.41, 5.74) is 4.84. The van der Waals surface area contributed by atoms with Crippen molar-refractivity contribution >= 4 is 18.2 Å². The summed E-state index contributed by atoms with van der Waals surface area (Å²) >= 11 is 0. The predicted molar refractivity (Wildman–Crippen MR) is 84.7 cm³/mol. The van der Waals surface area contributed by atoms with E-state index in [2.05, 4.69) is 15.5 Å². The highest BCUT2D eigenvalue weighted by Crippen LogP contribution is 2.28. The maximum Gasteiger partial charge on any atom is 0.272 e. The molecule has 1 atom stereocenters. The monoisotopic (exact) mass is 293 g/mol. The molecule has 5 nitrogen and oxygen atoms in total. The molecule has 1 aliphatic heterocycles. The molecule has 0 saturated heterocycles. The second-order valence-corrected chi connectivity index (χ2v) is 4.88. The van der Waals surface area contributed by atoms with Crippen molar-refractivity contribution in [1.29, 1.82) is 0 Å². The third kappa shape index (κ3) is 3.03. The topological polar surface area (TPSA) is 63.6 Å². The molecular formula is C17H15N3O2. The van der Waals surface area contributed by atoms with Crippen molar-refractivity contribution < 1.29 is 9.53 Å². The molecule has 5 heteroatoms. The zero-order valence-corrected chi connectivity index (χ0v) is 12.1. The van der Waals surface area contributed by atoms with Crippen LogP contribution in [0.2, 0.25) is 0 Å². The standard InChI is InChI=1S/C17H15N3O2/c1-12-15(9-13-5-2-3-7-16(13)22-12)11-19-20-17(21)14-6-4-8-18-10-14/h2-12H,1H3,(H,20,21)/b19-11-/t12-/m0/s1. The minimum Gasteiger partial charge on any atom is -0.485 e. The highest BCUT2D eigenvalue weighted by atomic mass is 16.5. The van der Waals surface area contributed by atoms with Crippen LogP contribution in [0.5, 0.6) is 5.75 Å². The van der Waals surface area contributed by atoms with Gasteiger partial charge >= 0.3 is 0 Å². The first-order chi connectivity index (χ1) is 10.7. The van der Waals surface area contributed by atoms with Gasteiger partial charge in [0.1, 0.15) is 11.9 Å². The van der Waals surface area contributed by atoms with Crippen LogP contribution in [0.15, 0.2) is 59.5 Å². The minimum atomic E-state index is -0.297. The smallest absolute Gasteiger partial charge is 0.272 e. The second-order valence-electron chi connectivity index (χ2n) is 4.88. The molecule has 0 bridgehead atoms. The molecule has 2 aromatic rings. The van der Waals surface area contributed by atoms with Crippen molar-refractivity contribution in [3.05, 3.63) is 65.5 Å². The van der Waals surface area contributed by atoms with E-state index in [1.54, 1.807) is 24.5 Å². The predicted octanol–water partition coefficient (Wildman–Crippen LogP) is 2.66. The van der Waals surface area contributed by atoms with Crippen LogP contribution < -0.4 is 10.2 Å². The summed E-state index contributed by atoms with van der Waals surface area (Å²) < 4.78 is 5.80. The van der Waals surface area contributed by atoms with Crippen LogP contribution in [-0.4, -0.2) is 23.2 Å². The van der Waals surface area contributed by atoms with Gasteiger partial charge in [-0.05, 0) is 31.2 Å². The number of aromatic nitrogens is 1. The zero-order valence-electron chi connectivity index (χ0n) is 12.1. The van der Waals surface area contributed by atoms with Crippen molar-refractivity contribution in [2.75, 3.05) is 0 Å². The van der Waals surface area contributed by atoms with Crippen LogP contribution in [0.4, 0.5) is 0 Å². The maximum absolute atomic E-state index is 11.9. The molecule has 1 amide bonds. The molecule has 110 valence electrons. The molecule has 0 spiro atoms. The fraction of sp³-hybridized carbons (Fsp3) is 0.118. The SMILES string of the molecule is C[C@@H]1Oc2ccccc2C=C1/C=N\NC(=O)c1cccnc1. The second kappa shape index (κ2) is 6.22. The van der Waals surface area contributed by atoms with Crippen molar-refractivity contribution in [3.63, 3.8) is 0 Å². The largest absolute Gasteiger partial charge is 0.485 e. The number of fused-ring (bicyclic) bond motifs is 1. The molecule has 0 saturated carbocycles. The summed E-state index contributed by atoms with van der Waals surface area (Å²) in [6, 6.07) is 11.2. The fourth-order valence-corrected chi connectivity index (χ4v) is 2.13. The Kier molecular flexibility index (Phi) is 3.96. The molecule has 0 radical (unpaired) electrons. The summed E-state index contributed by atoms with van der Waals surface area (Å²) in [5, 5.41) is 3.99. The number of amides is 1. The van der Waals surface area contributed by atoms with Gasteiger partial charge < -0.3 is 4.74 Å². The number of hydrazone groups is 1. The molecular weight excluding hydrogens is 278 g/mol. The fourth-order valence-electron chi connectivity index (χ4n) is 2.13. The third-order valence-corrected chi connectivity index (χ3v) is 3.32. The number of ether oxygens (including phenoxy) is 1. The number of hydrogen-bond donors (Lipinski definition) is 1. The lowest BCUT2D eigenvalue weighted by Gasteiger charge is -2.22. The van der Waals surface area contributed by atoms with Gasteiger partial charge in [0.05, 0.1) is 11.8 Å². The molecule has 22 heavy (non-hydrogen) atoms. The van der Waals surface area contributed by atoms with Gasteiger partial charge in [0.15, 0.2) is 0 Å². The Labute approximate surface area is 128 Å². The normalized spacial score (nSPS) is 16.6. The molecule has 1 N–H and O–H groups in total. The lowest BCUT2D eigenvalue weighted by molar-refractivity contribution is 0.0954. The number of carbonyl (C=O) groups excluding carboxylic acids is 1. The number of rotatable bonds is 3. The molecule has 1 aliphatic rings. The van der Waals surface area contributed by atoms with Crippen LogP contribution in [0.1, 0.15) is 22.8 Å². The van der Waals surface area contributed by atoms with Crippen LogP contribution in [0.3, 0.4) is 0 Å². The quantitative estimate of drug-likeness (QED) is 0.699. The lowest BCUT2D eigenvalue weighted by atomic mass is 10.0. The molecule has 1 aromatic carbocycles. The van der Waals surface area contributed by atoms with Gasteiger partial charge in [-0.15, -0.1) is 0 Å². The van der Waals surface area contributed by atoms with Gasteiger partial charge in [-0.2, -0.15) is 5.10 Å². The van der Waals surface area contributed by atoms with Crippen molar-refractivity contribution in [3.8, 4) is 5.75 Å². The first-order valence-corrected chi connectivity index (χ1v) is 6.95. The minimum absolute atomic E-state index is 0.117. The van der Waals surface area contributed by atoms with Gasteiger partial charge in [-0.25, -0.2) is 5.43 Å². The van der Waals surface area contributed by atoms with Gasteiger partial charge in [-0.3, -0.25) is 9.78 Å². The van der Waals surface area contributed by atoms with Gasteiger partial charge in [-0.1, -0.05) is 18.2 Å². The first kappa shape index (κ1) is 14.0. The van der Waals surface area contributed by atoms with E-state index >= 15 is 0 Å². The Balaban J connectivity index is 1.71. The van der Waals surface area contributed by atoms with Crippen LogP contribution in [-0.2, 0) is 0 Å². The summed E-state index contributed by atoms with van der Waals surface area (Å²) in [5.74, 6) is 0.557. The van der Waals surface area contributed by atoms with E-state index in [0.29, 0.717) is 5.56 Å². The van der Waals surface area contributed by atoms with Crippen molar-refractivity contribution in [2.45, 2.75) is 13.0 Å². The van der Waals surface area contributed by atoms with Crippen LogP contribution in [0.25, 0.3) is 6.08 Å². The Hall–Kier alpha value is -2.95. The summed E-state index contributed by atoms with van der Waals surface area (Å²) in [7, 11) is 0. The Morgan fingerprint density at radius 2 is 2.18 bits per heavy atom. The van der Waals surface area contributed by atoms with E-state index in [1.807, 2.05) is 37.3 Å². The molecule has 0 fully saturated rings. The van der Waals surface area contributed by atoms with Crippen LogP contribution in [0, 0.1) is 0 Å². The van der Waals surface area contributed by atoms with Crippen molar-refractivity contribution in [1.82, 2.24) is 10.4 Å². The Morgan fingerprint density at radius 1 is 1.32 bits per heavy atom. The van der Waals surface area contributed by atoms with E-state index in [9.17, 15) is 4.79 Å². The number of para-hydroxylation sites is 1. The highest BCUT2D eigenvalue weighted by Gasteiger charge is 2.16. The molecule has 3 rings (SSSR count). The van der Waals surface area contributed by atoms with E-state index in [-0.39, 0.29) is 12.0 Å². The summed E-state index contributed by atoms with van der Waals surface area (Å²) in [6.45, 7) is 1.94. The van der Waals surface area contributed by atoms with E-state index in [1.165, 1.54) is 6.20 Å². The number of nitrogens with one attached hydrogen (secondary N) is 1. The van der Waals surface area contributed by atoms with E-state index < -0.39 is 0 Å². The first-order valence-electron chi connectivity index (χ1n) is 6.95. The van der Waals surface area contributed by atoms with Crippen LogP contribution >= 0.6 is 0 Å². The number of hydrogen-bond acceptors (Lipinski definition) is 4. The molecule has 0 aliphatic carbocycles. The third-order valence-electron chi connectivity index (χ3n) is 3.32.